The van der Waals surface area contributed by atoms with Crippen molar-refractivity contribution in [3.05, 3.63) is 11.2 Å². The Labute approximate surface area is 77.1 Å². The van der Waals surface area contributed by atoms with Crippen molar-refractivity contribution in [3.8, 4) is 0 Å². The lowest BCUT2D eigenvalue weighted by Gasteiger charge is -2.12. The fraction of sp³-hybridized carbons (Fsp3) is 0.667. The number of hydrogen-bond acceptors (Lipinski definition) is 3. The third-order valence-corrected chi connectivity index (χ3v) is 1.99. The third kappa shape index (κ3) is 4.45. The highest BCUT2D eigenvalue weighted by molar-refractivity contribution is 9.09. The minimum atomic E-state index is -0.187. The molecule has 0 rings (SSSR count). The zero-order chi connectivity index (χ0) is 8.85. The first-order valence-corrected chi connectivity index (χ1v) is 4.31. The van der Waals surface area contributed by atoms with Crippen LogP contribution in [-0.4, -0.2) is 25.9 Å². The van der Waals surface area contributed by atoms with Crippen molar-refractivity contribution in [3.63, 3.8) is 0 Å². The molecule has 0 saturated carbocycles. The fourth-order valence-corrected chi connectivity index (χ4v) is 0.741. The van der Waals surface area contributed by atoms with Crippen LogP contribution in [0.5, 0.6) is 0 Å². The monoisotopic (exact) mass is 217 g/mol. The smallest absolute Gasteiger partial charge is 0.137 e. The summed E-state index contributed by atoms with van der Waals surface area (Å²) in [5.74, 6) is 0. The van der Waals surface area contributed by atoms with Crippen LogP contribution in [0.3, 0.4) is 0 Å². The molecule has 0 spiro atoms. The molecule has 2 radical (unpaired) electrons. The molecule has 62 valence electrons. The lowest BCUT2D eigenvalue weighted by molar-refractivity contribution is 0.815. The molecular weight excluding hydrogens is 205 g/mol. The lowest BCUT2D eigenvalue weighted by Crippen LogP contribution is -2.26. The van der Waals surface area contributed by atoms with Gasteiger partial charge in [-0.1, -0.05) is 15.9 Å². The maximum absolute atomic E-state index is 5.61. The fourth-order valence-electron chi connectivity index (χ4n) is 0.495. The van der Waals surface area contributed by atoms with Crippen LogP contribution in [0.4, 0.5) is 0 Å². The molecule has 0 aliphatic carbocycles. The van der Waals surface area contributed by atoms with Gasteiger partial charge in [-0.2, -0.15) is 0 Å². The molecule has 0 aromatic heterocycles. The molecule has 5 heteroatoms. The largest absolute Gasteiger partial charge is 0.396 e. The average Bonchev–Trinajstić information content (AvgIpc) is 1.98. The molecule has 0 aromatic rings. The van der Waals surface area contributed by atoms with Gasteiger partial charge in [0, 0.05) is 13.1 Å². The van der Waals surface area contributed by atoms with Crippen molar-refractivity contribution in [1.82, 2.24) is 5.32 Å². The second-order valence-electron chi connectivity index (χ2n) is 2.21. The van der Waals surface area contributed by atoms with Gasteiger partial charge >= 0.3 is 0 Å². The molecule has 0 bridgehead atoms. The van der Waals surface area contributed by atoms with Gasteiger partial charge in [0.15, 0.2) is 0 Å². The Balaban J connectivity index is 3.94. The number of rotatable bonds is 4. The molecule has 3 nitrogen and oxygen atoms in total. The molecule has 0 aliphatic heterocycles. The maximum atomic E-state index is 5.61. The van der Waals surface area contributed by atoms with E-state index in [2.05, 4.69) is 21.2 Å². The zero-order valence-electron chi connectivity index (χ0n) is 6.60. The molecule has 0 fully saturated rings. The standard InChI is InChI=1S/C6H13BBrN3/c1-4(6(8)10)5(7)11-3-2-9/h6,11H,2-3,9-10H2,1H3/b5-4-. The highest BCUT2D eigenvalue weighted by atomic mass is 79.9. The second-order valence-corrected chi connectivity index (χ2v) is 3.20. The summed E-state index contributed by atoms with van der Waals surface area (Å²) in [5, 5.41) is 2.94. The number of nitrogens with two attached hydrogens (primary N) is 2. The van der Waals surface area contributed by atoms with Crippen molar-refractivity contribution in [1.29, 1.82) is 0 Å². The molecule has 0 heterocycles. The Bertz CT molecular complexity index is 147. The summed E-state index contributed by atoms with van der Waals surface area (Å²) in [5.41, 5.74) is 12.3. The Hall–Kier alpha value is 0.00494. The van der Waals surface area contributed by atoms with Crippen molar-refractivity contribution >= 4 is 23.8 Å². The van der Waals surface area contributed by atoms with Gasteiger partial charge in [0.25, 0.3) is 0 Å². The van der Waals surface area contributed by atoms with Crippen molar-refractivity contribution in [2.24, 2.45) is 11.5 Å². The molecule has 0 saturated heterocycles. The van der Waals surface area contributed by atoms with Crippen LogP contribution >= 0.6 is 15.9 Å². The average molecular weight is 218 g/mol. The van der Waals surface area contributed by atoms with E-state index in [4.69, 9.17) is 19.3 Å². The Morgan fingerprint density at radius 2 is 2.27 bits per heavy atom. The predicted molar refractivity (Wildman–Crippen MR) is 52.4 cm³/mol. The van der Waals surface area contributed by atoms with Gasteiger partial charge in [-0.25, -0.2) is 0 Å². The summed E-state index contributed by atoms with van der Waals surface area (Å²) in [6.45, 7) is 3.09. The summed E-state index contributed by atoms with van der Waals surface area (Å²) in [6, 6.07) is 0. The number of nitrogens with one attached hydrogen (secondary N) is 1. The Morgan fingerprint density at radius 3 is 2.64 bits per heavy atom. The number of halogens is 1. The van der Waals surface area contributed by atoms with Gasteiger partial charge in [-0.05, 0) is 18.1 Å². The first-order valence-electron chi connectivity index (χ1n) is 3.39. The van der Waals surface area contributed by atoms with E-state index < -0.39 is 0 Å². The zero-order valence-corrected chi connectivity index (χ0v) is 8.19. The summed E-state index contributed by atoms with van der Waals surface area (Å²) in [7, 11) is 5.61. The van der Waals surface area contributed by atoms with Crippen LogP contribution in [-0.2, 0) is 0 Å². The van der Waals surface area contributed by atoms with E-state index in [1.807, 2.05) is 6.92 Å². The second kappa shape index (κ2) is 5.63. The number of alkyl halides is 1. The van der Waals surface area contributed by atoms with Crippen molar-refractivity contribution < 1.29 is 0 Å². The van der Waals surface area contributed by atoms with Gasteiger partial charge in [0.05, 0.1) is 4.95 Å². The SMILES string of the molecule is [B]/C(NCCN)=C(\C)C(N)Br. The van der Waals surface area contributed by atoms with Crippen LogP contribution in [0.1, 0.15) is 6.92 Å². The molecule has 1 atom stereocenters. The molecule has 5 N–H and O–H groups in total. The first kappa shape index (κ1) is 11.0. The molecule has 0 aromatic carbocycles. The van der Waals surface area contributed by atoms with Crippen LogP contribution in [0.25, 0.3) is 0 Å². The molecular formula is C6H13BBrN3. The third-order valence-electron chi connectivity index (χ3n) is 1.30. The molecule has 0 amide bonds. The molecule has 1 unspecified atom stereocenters. The Kier molecular flexibility index (Phi) is 5.63. The van der Waals surface area contributed by atoms with E-state index in [1.165, 1.54) is 0 Å². The van der Waals surface area contributed by atoms with Gasteiger partial charge in [0.1, 0.15) is 7.85 Å². The normalized spacial score (nSPS) is 15.6. The topological polar surface area (TPSA) is 64.1 Å². The van der Waals surface area contributed by atoms with Crippen molar-refractivity contribution in [2.75, 3.05) is 13.1 Å². The first-order chi connectivity index (χ1) is 5.09. The van der Waals surface area contributed by atoms with E-state index >= 15 is 0 Å². The maximum Gasteiger partial charge on any atom is 0.137 e. The lowest BCUT2D eigenvalue weighted by atomic mass is 9.99. The highest BCUT2D eigenvalue weighted by Gasteiger charge is 2.01. The van der Waals surface area contributed by atoms with Gasteiger partial charge in [-0.3, -0.25) is 0 Å². The minimum absolute atomic E-state index is 0.187. The van der Waals surface area contributed by atoms with Crippen molar-refractivity contribution in [2.45, 2.75) is 11.9 Å². The van der Waals surface area contributed by atoms with E-state index in [0.717, 1.165) is 5.57 Å². The molecule has 11 heavy (non-hydrogen) atoms. The van der Waals surface area contributed by atoms with E-state index in [1.54, 1.807) is 0 Å². The number of hydrogen-bond donors (Lipinski definition) is 3. The predicted octanol–water partition coefficient (Wildman–Crippen LogP) is -0.386. The van der Waals surface area contributed by atoms with Crippen LogP contribution in [0.15, 0.2) is 11.2 Å². The summed E-state index contributed by atoms with van der Waals surface area (Å²) < 4.78 is 0. The minimum Gasteiger partial charge on any atom is -0.396 e. The van der Waals surface area contributed by atoms with Crippen LogP contribution in [0.2, 0.25) is 0 Å². The van der Waals surface area contributed by atoms with E-state index in [-0.39, 0.29) is 4.95 Å². The molecule has 0 aliphatic rings. The van der Waals surface area contributed by atoms with Crippen LogP contribution < -0.4 is 16.8 Å². The van der Waals surface area contributed by atoms with E-state index in [9.17, 15) is 0 Å². The van der Waals surface area contributed by atoms with Gasteiger partial charge in [-0.15, -0.1) is 0 Å². The Morgan fingerprint density at radius 1 is 1.73 bits per heavy atom. The summed E-state index contributed by atoms with van der Waals surface area (Å²) in [4.78, 5) is -0.187. The highest BCUT2D eigenvalue weighted by Crippen LogP contribution is 2.06. The summed E-state index contributed by atoms with van der Waals surface area (Å²) >= 11 is 3.20. The van der Waals surface area contributed by atoms with E-state index in [0.29, 0.717) is 18.7 Å². The van der Waals surface area contributed by atoms with Crippen LogP contribution in [0, 0.1) is 0 Å². The summed E-state index contributed by atoms with van der Waals surface area (Å²) in [6.07, 6.45) is 0. The van der Waals surface area contributed by atoms with Gasteiger partial charge in [0.2, 0.25) is 0 Å². The quantitative estimate of drug-likeness (QED) is 0.342. The van der Waals surface area contributed by atoms with Gasteiger partial charge < -0.3 is 16.8 Å².